The summed E-state index contributed by atoms with van der Waals surface area (Å²) in [5, 5.41) is 0. The molecule has 0 amide bonds. The van der Waals surface area contributed by atoms with E-state index in [0.29, 0.717) is 17.9 Å². The summed E-state index contributed by atoms with van der Waals surface area (Å²) >= 11 is 0. The number of ether oxygens (including phenoxy) is 1. The number of carbonyl (C=O) groups is 1. The van der Waals surface area contributed by atoms with E-state index in [-0.39, 0.29) is 11.1 Å². The highest BCUT2D eigenvalue weighted by Gasteiger charge is 2.24. The highest BCUT2D eigenvalue weighted by atomic mass is 16.5. The summed E-state index contributed by atoms with van der Waals surface area (Å²) < 4.78 is 5.33. The minimum Gasteiger partial charge on any atom is -0.492 e. The molecule has 2 rings (SSSR count). The summed E-state index contributed by atoms with van der Waals surface area (Å²) in [4.78, 5) is 20.1. The van der Waals surface area contributed by atoms with Crippen LogP contribution in [0.15, 0.2) is 30.3 Å². The molecule has 1 heterocycles. The topological polar surface area (TPSA) is 52.1 Å². The number of nitrogens with zero attached hydrogens (tertiary/aromatic N) is 2. The maximum absolute atomic E-state index is 11.3. The van der Waals surface area contributed by atoms with E-state index in [1.165, 1.54) is 7.11 Å². The van der Waals surface area contributed by atoms with Crippen molar-refractivity contribution in [3.8, 4) is 5.75 Å². The van der Waals surface area contributed by atoms with Gasteiger partial charge in [0.25, 0.3) is 0 Å². The molecule has 0 spiro atoms. The van der Waals surface area contributed by atoms with Gasteiger partial charge in [0.1, 0.15) is 5.69 Å². The molecular weight excluding hydrogens is 276 g/mol. The second-order valence-electron chi connectivity index (χ2n) is 5.96. The first kappa shape index (κ1) is 15.9. The first-order chi connectivity index (χ1) is 10.5. The SMILES string of the molecule is COc1c(C=O)nc(/C=C/c2ccccc2)nc1C(C)(C)C. The van der Waals surface area contributed by atoms with Gasteiger partial charge in [0, 0.05) is 5.41 Å². The van der Waals surface area contributed by atoms with E-state index in [1.54, 1.807) is 6.08 Å². The summed E-state index contributed by atoms with van der Waals surface area (Å²) in [6.45, 7) is 6.07. The Morgan fingerprint density at radius 2 is 1.73 bits per heavy atom. The number of aldehydes is 1. The molecule has 0 unspecified atom stereocenters. The number of aromatic nitrogens is 2. The lowest BCUT2D eigenvalue weighted by Gasteiger charge is -2.21. The molecule has 0 saturated carbocycles. The third-order valence-electron chi connectivity index (χ3n) is 3.16. The highest BCUT2D eigenvalue weighted by Crippen LogP contribution is 2.31. The predicted octanol–water partition coefficient (Wildman–Crippen LogP) is 3.77. The lowest BCUT2D eigenvalue weighted by molar-refractivity contribution is 0.111. The molecule has 0 aliphatic rings. The van der Waals surface area contributed by atoms with Crippen LogP contribution in [0.2, 0.25) is 0 Å². The van der Waals surface area contributed by atoms with E-state index in [1.807, 2.05) is 57.2 Å². The zero-order valence-electron chi connectivity index (χ0n) is 13.3. The molecule has 0 aliphatic heterocycles. The fourth-order valence-corrected chi connectivity index (χ4v) is 2.08. The molecule has 4 heteroatoms. The fourth-order valence-electron chi connectivity index (χ4n) is 2.08. The smallest absolute Gasteiger partial charge is 0.172 e. The van der Waals surface area contributed by atoms with Crippen molar-refractivity contribution in [2.75, 3.05) is 7.11 Å². The van der Waals surface area contributed by atoms with Crippen LogP contribution in [0.5, 0.6) is 5.75 Å². The summed E-state index contributed by atoms with van der Waals surface area (Å²) in [7, 11) is 1.53. The monoisotopic (exact) mass is 296 g/mol. The van der Waals surface area contributed by atoms with Crippen LogP contribution >= 0.6 is 0 Å². The Labute approximate surface area is 130 Å². The lowest BCUT2D eigenvalue weighted by Crippen LogP contribution is -2.18. The number of carbonyl (C=O) groups excluding carboxylic acids is 1. The van der Waals surface area contributed by atoms with E-state index in [2.05, 4.69) is 9.97 Å². The van der Waals surface area contributed by atoms with Gasteiger partial charge in [-0.05, 0) is 11.6 Å². The van der Waals surface area contributed by atoms with Gasteiger partial charge in [-0.2, -0.15) is 0 Å². The van der Waals surface area contributed by atoms with Crippen molar-refractivity contribution in [2.24, 2.45) is 0 Å². The highest BCUT2D eigenvalue weighted by molar-refractivity contribution is 5.78. The van der Waals surface area contributed by atoms with Crippen LogP contribution in [-0.4, -0.2) is 23.4 Å². The van der Waals surface area contributed by atoms with Crippen LogP contribution < -0.4 is 4.74 Å². The van der Waals surface area contributed by atoms with Gasteiger partial charge in [0.15, 0.2) is 17.9 Å². The van der Waals surface area contributed by atoms with Gasteiger partial charge in [0.05, 0.1) is 12.8 Å². The first-order valence-electron chi connectivity index (χ1n) is 7.10. The van der Waals surface area contributed by atoms with E-state index in [9.17, 15) is 4.79 Å². The van der Waals surface area contributed by atoms with Crippen LogP contribution in [0.1, 0.15) is 48.3 Å². The average Bonchev–Trinajstić information content (AvgIpc) is 2.52. The van der Waals surface area contributed by atoms with Crippen molar-refractivity contribution >= 4 is 18.4 Å². The van der Waals surface area contributed by atoms with Gasteiger partial charge < -0.3 is 4.74 Å². The van der Waals surface area contributed by atoms with Gasteiger partial charge in [0.2, 0.25) is 0 Å². The maximum atomic E-state index is 11.3. The predicted molar refractivity (Wildman–Crippen MR) is 88.0 cm³/mol. The van der Waals surface area contributed by atoms with E-state index in [0.717, 1.165) is 11.3 Å². The third kappa shape index (κ3) is 3.58. The third-order valence-corrected chi connectivity index (χ3v) is 3.16. The van der Waals surface area contributed by atoms with Crippen LogP contribution in [0.4, 0.5) is 0 Å². The largest absolute Gasteiger partial charge is 0.492 e. The Hall–Kier alpha value is -2.49. The zero-order valence-corrected chi connectivity index (χ0v) is 13.3. The van der Waals surface area contributed by atoms with Crippen LogP contribution in [0, 0.1) is 0 Å². The molecule has 0 aliphatic carbocycles. The number of rotatable bonds is 4. The maximum Gasteiger partial charge on any atom is 0.172 e. The average molecular weight is 296 g/mol. The second kappa shape index (κ2) is 6.52. The molecule has 4 nitrogen and oxygen atoms in total. The molecular formula is C18H20N2O2. The normalized spacial score (nSPS) is 11.6. The van der Waals surface area contributed by atoms with Crippen molar-refractivity contribution in [2.45, 2.75) is 26.2 Å². The Kier molecular flexibility index (Phi) is 4.71. The number of benzene rings is 1. The Balaban J connectivity index is 2.49. The van der Waals surface area contributed by atoms with Crippen molar-refractivity contribution in [1.29, 1.82) is 0 Å². The van der Waals surface area contributed by atoms with E-state index >= 15 is 0 Å². The van der Waals surface area contributed by atoms with Gasteiger partial charge in [-0.3, -0.25) is 4.79 Å². The van der Waals surface area contributed by atoms with Crippen molar-refractivity contribution in [1.82, 2.24) is 9.97 Å². The molecule has 114 valence electrons. The summed E-state index contributed by atoms with van der Waals surface area (Å²) in [6.07, 6.45) is 4.43. The summed E-state index contributed by atoms with van der Waals surface area (Å²) in [5.74, 6) is 0.941. The van der Waals surface area contributed by atoms with Gasteiger partial charge in [-0.1, -0.05) is 57.2 Å². The van der Waals surface area contributed by atoms with Crippen molar-refractivity contribution < 1.29 is 9.53 Å². The number of methoxy groups -OCH3 is 1. The standard InChI is InChI=1S/C18H20N2O2/c1-18(2,3)17-16(22-4)14(12-21)19-15(20-17)11-10-13-8-6-5-7-9-13/h5-12H,1-4H3/b11-10+. The number of hydrogen-bond donors (Lipinski definition) is 0. The van der Waals surface area contributed by atoms with E-state index < -0.39 is 0 Å². The molecule has 1 aromatic carbocycles. The summed E-state index contributed by atoms with van der Waals surface area (Å²) in [5.41, 5.74) is 1.79. The minimum absolute atomic E-state index is 0.249. The molecule has 0 fully saturated rings. The van der Waals surface area contributed by atoms with Gasteiger partial charge in [-0.15, -0.1) is 0 Å². The molecule has 0 N–H and O–H groups in total. The minimum atomic E-state index is -0.249. The lowest BCUT2D eigenvalue weighted by atomic mass is 9.90. The van der Waals surface area contributed by atoms with Gasteiger partial charge in [-0.25, -0.2) is 9.97 Å². The molecule has 1 aromatic heterocycles. The van der Waals surface area contributed by atoms with Crippen LogP contribution in [0.25, 0.3) is 12.2 Å². The van der Waals surface area contributed by atoms with Gasteiger partial charge >= 0.3 is 0 Å². The Bertz CT molecular complexity index is 686. The molecule has 0 radical (unpaired) electrons. The Morgan fingerprint density at radius 1 is 1.05 bits per heavy atom. The number of hydrogen-bond acceptors (Lipinski definition) is 4. The van der Waals surface area contributed by atoms with Crippen molar-refractivity contribution in [3.63, 3.8) is 0 Å². The van der Waals surface area contributed by atoms with Crippen molar-refractivity contribution in [3.05, 3.63) is 53.1 Å². The van der Waals surface area contributed by atoms with E-state index in [4.69, 9.17) is 4.74 Å². The molecule has 0 atom stereocenters. The molecule has 22 heavy (non-hydrogen) atoms. The molecule has 0 saturated heterocycles. The quantitative estimate of drug-likeness (QED) is 0.806. The Morgan fingerprint density at radius 3 is 2.27 bits per heavy atom. The zero-order chi connectivity index (χ0) is 16.2. The summed E-state index contributed by atoms with van der Waals surface area (Å²) in [6, 6.07) is 9.87. The first-order valence-corrected chi connectivity index (χ1v) is 7.10. The molecule has 2 aromatic rings. The van der Waals surface area contributed by atoms with Crippen LogP contribution in [0.3, 0.4) is 0 Å². The fraction of sp³-hybridized carbons (Fsp3) is 0.278. The van der Waals surface area contributed by atoms with Crippen LogP contribution in [-0.2, 0) is 5.41 Å². The molecule has 0 bridgehead atoms. The second-order valence-corrected chi connectivity index (χ2v) is 5.96.